The van der Waals surface area contributed by atoms with Crippen LogP contribution in [0.4, 0.5) is 5.69 Å². The summed E-state index contributed by atoms with van der Waals surface area (Å²) in [5.41, 5.74) is 0.685. The van der Waals surface area contributed by atoms with E-state index in [9.17, 15) is 4.79 Å². The van der Waals surface area contributed by atoms with Crippen LogP contribution in [-0.4, -0.2) is 11.0 Å². The average molecular weight is 305 g/mol. The fourth-order valence-corrected chi connectivity index (χ4v) is 1.79. The van der Waals surface area contributed by atoms with Gasteiger partial charge in [-0.05, 0) is 36.8 Å². The number of nitrogens with one attached hydrogen (secondary N) is 2. The van der Waals surface area contributed by atoms with Gasteiger partial charge in [0.15, 0.2) is 5.11 Å². The zero-order valence-electron chi connectivity index (χ0n) is 9.93. The summed E-state index contributed by atoms with van der Waals surface area (Å²) in [5.74, 6) is -0.0885. The van der Waals surface area contributed by atoms with Gasteiger partial charge in [0.25, 0.3) is 0 Å². The monoisotopic (exact) mass is 304 g/mol. The molecule has 0 heterocycles. The van der Waals surface area contributed by atoms with Crippen LogP contribution in [0.25, 0.3) is 0 Å². The molecular formula is C12H14Cl2N2OS. The number of rotatable bonds is 4. The predicted octanol–water partition coefficient (Wildman–Crippen LogP) is 4.00. The summed E-state index contributed by atoms with van der Waals surface area (Å²) < 4.78 is 0. The van der Waals surface area contributed by atoms with Gasteiger partial charge in [0, 0.05) is 12.1 Å². The molecule has 0 radical (unpaired) electrons. The number of carbonyl (C=O) groups excluding carboxylic acids is 1. The van der Waals surface area contributed by atoms with Crippen LogP contribution in [0.1, 0.15) is 26.2 Å². The smallest absolute Gasteiger partial charge is 0.226 e. The molecule has 0 fully saturated rings. The Kier molecular flexibility index (Phi) is 6.39. The van der Waals surface area contributed by atoms with E-state index in [0.29, 0.717) is 22.2 Å². The summed E-state index contributed by atoms with van der Waals surface area (Å²) >= 11 is 16.7. The maximum atomic E-state index is 11.4. The highest BCUT2D eigenvalue weighted by molar-refractivity contribution is 7.80. The van der Waals surface area contributed by atoms with Gasteiger partial charge in [-0.3, -0.25) is 4.79 Å². The number of halogens is 2. The molecule has 98 valence electrons. The van der Waals surface area contributed by atoms with Gasteiger partial charge in [-0.1, -0.05) is 36.5 Å². The summed E-state index contributed by atoms with van der Waals surface area (Å²) in [4.78, 5) is 11.4. The molecule has 0 aliphatic heterocycles. The Bertz CT molecular complexity index is 452. The first kappa shape index (κ1) is 15.2. The topological polar surface area (TPSA) is 41.1 Å². The van der Waals surface area contributed by atoms with E-state index in [1.165, 1.54) is 0 Å². The van der Waals surface area contributed by atoms with Crippen molar-refractivity contribution in [3.8, 4) is 0 Å². The van der Waals surface area contributed by atoms with Gasteiger partial charge in [0.05, 0.1) is 10.0 Å². The van der Waals surface area contributed by atoms with Gasteiger partial charge in [0.1, 0.15) is 0 Å². The van der Waals surface area contributed by atoms with Crippen molar-refractivity contribution in [2.75, 3.05) is 5.32 Å². The van der Waals surface area contributed by atoms with Crippen LogP contribution >= 0.6 is 35.4 Å². The lowest BCUT2D eigenvalue weighted by atomic mass is 10.2. The van der Waals surface area contributed by atoms with E-state index in [4.69, 9.17) is 35.4 Å². The summed E-state index contributed by atoms with van der Waals surface area (Å²) in [7, 11) is 0. The van der Waals surface area contributed by atoms with Crippen molar-refractivity contribution in [1.82, 2.24) is 5.32 Å². The second-order valence-electron chi connectivity index (χ2n) is 3.73. The summed E-state index contributed by atoms with van der Waals surface area (Å²) in [6.07, 6.45) is 2.29. The lowest BCUT2D eigenvalue weighted by molar-refractivity contribution is -0.119. The SMILES string of the molecule is CCCCC(=O)NC(=S)Nc1ccc(Cl)c(Cl)c1. The molecule has 0 saturated heterocycles. The average Bonchev–Trinajstić information content (AvgIpc) is 2.31. The summed E-state index contributed by atoms with van der Waals surface area (Å²) in [6, 6.07) is 5.04. The van der Waals surface area contributed by atoms with Crippen LogP contribution < -0.4 is 10.6 Å². The Balaban J connectivity index is 2.49. The lowest BCUT2D eigenvalue weighted by Crippen LogP contribution is -2.33. The van der Waals surface area contributed by atoms with E-state index >= 15 is 0 Å². The minimum absolute atomic E-state index is 0.0885. The lowest BCUT2D eigenvalue weighted by Gasteiger charge is -2.09. The van der Waals surface area contributed by atoms with Crippen LogP contribution in [0.3, 0.4) is 0 Å². The largest absolute Gasteiger partial charge is 0.332 e. The third kappa shape index (κ3) is 5.21. The van der Waals surface area contributed by atoms with Gasteiger partial charge in [-0.15, -0.1) is 0 Å². The third-order valence-corrected chi connectivity index (χ3v) is 3.13. The molecule has 1 amide bonds. The molecule has 0 bridgehead atoms. The van der Waals surface area contributed by atoms with E-state index in [1.54, 1.807) is 18.2 Å². The number of hydrogen-bond acceptors (Lipinski definition) is 2. The maximum Gasteiger partial charge on any atom is 0.226 e. The zero-order valence-corrected chi connectivity index (χ0v) is 12.3. The first-order valence-electron chi connectivity index (χ1n) is 5.58. The molecule has 0 saturated carbocycles. The molecule has 3 nitrogen and oxygen atoms in total. The second-order valence-corrected chi connectivity index (χ2v) is 4.96. The molecule has 0 aliphatic rings. The number of benzene rings is 1. The molecule has 6 heteroatoms. The Morgan fingerprint density at radius 2 is 2.06 bits per heavy atom. The highest BCUT2D eigenvalue weighted by Crippen LogP contribution is 2.24. The number of thiocarbonyl (C=S) groups is 1. The van der Waals surface area contributed by atoms with Crippen LogP contribution in [0.15, 0.2) is 18.2 Å². The van der Waals surface area contributed by atoms with Crippen molar-refractivity contribution in [1.29, 1.82) is 0 Å². The fraction of sp³-hybridized carbons (Fsp3) is 0.333. The molecule has 1 aromatic carbocycles. The Hall–Kier alpha value is -0.840. The van der Waals surface area contributed by atoms with Gasteiger partial charge in [-0.2, -0.15) is 0 Å². The first-order chi connectivity index (χ1) is 8.52. The van der Waals surface area contributed by atoms with E-state index in [-0.39, 0.29) is 11.0 Å². The number of carbonyl (C=O) groups is 1. The Labute approximate surface area is 122 Å². The van der Waals surface area contributed by atoms with E-state index in [2.05, 4.69) is 10.6 Å². The van der Waals surface area contributed by atoms with Crippen molar-refractivity contribution >= 4 is 52.1 Å². The minimum atomic E-state index is -0.0885. The number of unbranched alkanes of at least 4 members (excludes halogenated alkanes) is 1. The number of amides is 1. The fourth-order valence-electron chi connectivity index (χ4n) is 1.26. The molecule has 0 aliphatic carbocycles. The Morgan fingerprint density at radius 3 is 2.67 bits per heavy atom. The molecule has 18 heavy (non-hydrogen) atoms. The van der Waals surface area contributed by atoms with Crippen molar-refractivity contribution in [2.24, 2.45) is 0 Å². The molecular weight excluding hydrogens is 291 g/mol. The van der Waals surface area contributed by atoms with Gasteiger partial charge < -0.3 is 10.6 Å². The molecule has 0 unspecified atom stereocenters. The van der Waals surface area contributed by atoms with Crippen molar-refractivity contribution in [2.45, 2.75) is 26.2 Å². The molecule has 1 aromatic rings. The number of hydrogen-bond donors (Lipinski definition) is 2. The van der Waals surface area contributed by atoms with Crippen LogP contribution in [-0.2, 0) is 4.79 Å². The molecule has 0 spiro atoms. The minimum Gasteiger partial charge on any atom is -0.332 e. The van der Waals surface area contributed by atoms with E-state index < -0.39 is 0 Å². The van der Waals surface area contributed by atoms with Gasteiger partial charge >= 0.3 is 0 Å². The van der Waals surface area contributed by atoms with Gasteiger partial charge in [-0.25, -0.2) is 0 Å². The molecule has 0 atom stereocenters. The maximum absolute atomic E-state index is 11.4. The van der Waals surface area contributed by atoms with Crippen molar-refractivity contribution in [3.63, 3.8) is 0 Å². The molecule has 1 rings (SSSR count). The van der Waals surface area contributed by atoms with E-state index in [1.807, 2.05) is 6.92 Å². The van der Waals surface area contributed by atoms with Crippen LogP contribution in [0.5, 0.6) is 0 Å². The molecule has 0 aromatic heterocycles. The van der Waals surface area contributed by atoms with Crippen LogP contribution in [0.2, 0.25) is 10.0 Å². The van der Waals surface area contributed by atoms with Crippen LogP contribution in [0, 0.1) is 0 Å². The standard InChI is InChI=1S/C12H14Cl2N2OS/c1-2-3-4-11(17)16-12(18)15-8-5-6-9(13)10(14)7-8/h5-7H,2-4H2,1H3,(H2,15,16,17,18). The first-order valence-corrected chi connectivity index (χ1v) is 6.75. The van der Waals surface area contributed by atoms with E-state index in [0.717, 1.165) is 12.8 Å². The highest BCUT2D eigenvalue weighted by Gasteiger charge is 2.05. The van der Waals surface area contributed by atoms with Gasteiger partial charge in [0.2, 0.25) is 5.91 Å². The normalized spacial score (nSPS) is 9.94. The zero-order chi connectivity index (χ0) is 13.5. The summed E-state index contributed by atoms with van der Waals surface area (Å²) in [6.45, 7) is 2.03. The Morgan fingerprint density at radius 1 is 1.33 bits per heavy atom. The second kappa shape index (κ2) is 7.56. The highest BCUT2D eigenvalue weighted by atomic mass is 35.5. The van der Waals surface area contributed by atoms with Crippen molar-refractivity contribution in [3.05, 3.63) is 28.2 Å². The quantitative estimate of drug-likeness (QED) is 0.826. The third-order valence-electron chi connectivity index (χ3n) is 2.19. The summed E-state index contributed by atoms with van der Waals surface area (Å²) in [5, 5.41) is 6.64. The molecule has 2 N–H and O–H groups in total. The number of anilines is 1. The van der Waals surface area contributed by atoms with Crippen molar-refractivity contribution < 1.29 is 4.79 Å². The predicted molar refractivity (Wildman–Crippen MR) is 80.4 cm³/mol.